The fourth-order valence-corrected chi connectivity index (χ4v) is 2.61. The zero-order valence-electron chi connectivity index (χ0n) is 10.3. The number of ketones is 1. The van der Waals surface area contributed by atoms with Crippen LogP contribution in [0.3, 0.4) is 0 Å². The largest absolute Gasteiger partial charge is 0.480 e. The monoisotopic (exact) mass is 226 g/mol. The van der Waals surface area contributed by atoms with Crippen molar-refractivity contribution in [3.63, 3.8) is 0 Å². The molecule has 0 aromatic carbocycles. The Morgan fingerprint density at radius 3 is 2.56 bits per heavy atom. The Bertz CT molecular complexity index is 272. The number of hydrogen-bond donors (Lipinski definition) is 1. The Kier molecular flexibility index (Phi) is 4.51. The number of carbonyl (C=O) groups excluding carboxylic acids is 1. The van der Waals surface area contributed by atoms with Crippen LogP contribution < -0.4 is 0 Å². The van der Waals surface area contributed by atoms with Crippen LogP contribution in [0.1, 0.15) is 58.8 Å². The molecule has 0 aromatic rings. The Labute approximate surface area is 97.2 Å². The summed E-state index contributed by atoms with van der Waals surface area (Å²) in [5.41, 5.74) is -1.05. The maximum atomic E-state index is 12.0. The van der Waals surface area contributed by atoms with Crippen molar-refractivity contribution < 1.29 is 14.7 Å². The van der Waals surface area contributed by atoms with Crippen LogP contribution in [0, 0.1) is 11.3 Å². The number of carbonyl (C=O) groups is 2. The molecule has 3 heteroatoms. The zero-order valence-corrected chi connectivity index (χ0v) is 10.3. The zero-order chi connectivity index (χ0) is 12.2. The first-order valence-corrected chi connectivity index (χ1v) is 6.32. The van der Waals surface area contributed by atoms with Gasteiger partial charge in [-0.1, -0.05) is 39.5 Å². The molecule has 1 N–H and O–H groups in total. The summed E-state index contributed by atoms with van der Waals surface area (Å²) in [5.74, 6) is -1.02. The van der Waals surface area contributed by atoms with Gasteiger partial charge >= 0.3 is 5.97 Å². The minimum Gasteiger partial charge on any atom is -0.480 e. The van der Waals surface area contributed by atoms with Crippen LogP contribution in [0.25, 0.3) is 0 Å². The van der Waals surface area contributed by atoms with E-state index in [0.717, 1.165) is 32.1 Å². The molecule has 1 aliphatic rings. The summed E-state index contributed by atoms with van der Waals surface area (Å²) in [6, 6.07) is 0. The maximum Gasteiger partial charge on any atom is 0.317 e. The number of unbranched alkanes of at least 4 members (excludes halogenated alkanes) is 3. The Balaban J connectivity index is 2.61. The van der Waals surface area contributed by atoms with Crippen LogP contribution in [0.5, 0.6) is 0 Å². The quantitative estimate of drug-likeness (QED) is 0.559. The summed E-state index contributed by atoms with van der Waals surface area (Å²) < 4.78 is 0. The van der Waals surface area contributed by atoms with Crippen molar-refractivity contribution in [2.24, 2.45) is 11.3 Å². The maximum absolute atomic E-state index is 12.0. The highest BCUT2D eigenvalue weighted by Crippen LogP contribution is 2.42. The number of carboxylic acids is 1. The lowest BCUT2D eigenvalue weighted by molar-refractivity contribution is -0.154. The van der Waals surface area contributed by atoms with E-state index in [1.165, 1.54) is 0 Å². The molecule has 1 rings (SSSR count). The molecule has 1 unspecified atom stereocenters. The van der Waals surface area contributed by atoms with Crippen LogP contribution in [0.15, 0.2) is 0 Å². The first-order chi connectivity index (χ1) is 7.54. The molecular weight excluding hydrogens is 204 g/mol. The molecule has 3 nitrogen and oxygen atoms in total. The van der Waals surface area contributed by atoms with E-state index in [1.807, 2.05) is 6.92 Å². The van der Waals surface area contributed by atoms with E-state index < -0.39 is 11.4 Å². The average molecular weight is 226 g/mol. The van der Waals surface area contributed by atoms with Crippen molar-refractivity contribution in [1.29, 1.82) is 0 Å². The molecule has 0 amide bonds. The van der Waals surface area contributed by atoms with Crippen molar-refractivity contribution in [3.8, 4) is 0 Å². The lowest BCUT2D eigenvalue weighted by Gasteiger charge is -2.22. The third kappa shape index (κ3) is 2.45. The summed E-state index contributed by atoms with van der Waals surface area (Å²) in [6.45, 7) is 3.97. The fourth-order valence-electron chi connectivity index (χ4n) is 2.61. The molecule has 0 bridgehead atoms. The van der Waals surface area contributed by atoms with Gasteiger partial charge in [0.2, 0.25) is 0 Å². The van der Waals surface area contributed by atoms with E-state index in [-0.39, 0.29) is 11.7 Å². The van der Waals surface area contributed by atoms with Gasteiger partial charge < -0.3 is 5.11 Å². The van der Waals surface area contributed by atoms with E-state index in [0.29, 0.717) is 12.8 Å². The number of hydrogen-bond acceptors (Lipinski definition) is 2. The van der Waals surface area contributed by atoms with Crippen LogP contribution in [0.2, 0.25) is 0 Å². The van der Waals surface area contributed by atoms with Gasteiger partial charge in [0.25, 0.3) is 0 Å². The second-order valence-electron chi connectivity index (χ2n) is 5.00. The molecule has 0 spiro atoms. The van der Waals surface area contributed by atoms with Crippen molar-refractivity contribution in [2.45, 2.75) is 58.8 Å². The normalized spacial score (nSPS) is 29.6. The predicted octanol–water partition coefficient (Wildman–Crippen LogP) is 3.03. The van der Waals surface area contributed by atoms with Crippen molar-refractivity contribution in [2.75, 3.05) is 0 Å². The lowest BCUT2D eigenvalue weighted by atomic mass is 9.79. The van der Waals surface area contributed by atoms with Crippen LogP contribution in [-0.2, 0) is 9.59 Å². The Morgan fingerprint density at radius 1 is 1.44 bits per heavy atom. The van der Waals surface area contributed by atoms with Crippen molar-refractivity contribution in [1.82, 2.24) is 0 Å². The number of Topliss-reactive ketones (excluding diaryl/α,β-unsaturated/α-hetero) is 1. The summed E-state index contributed by atoms with van der Waals surface area (Å²) in [6.07, 6.45) is 5.95. The molecular formula is C13H22O3. The molecule has 0 saturated heterocycles. The molecule has 1 fully saturated rings. The van der Waals surface area contributed by atoms with E-state index in [1.54, 1.807) is 0 Å². The predicted molar refractivity (Wildman–Crippen MR) is 62.2 cm³/mol. The Morgan fingerprint density at radius 2 is 2.12 bits per heavy atom. The second-order valence-corrected chi connectivity index (χ2v) is 5.00. The van der Waals surface area contributed by atoms with E-state index in [4.69, 9.17) is 0 Å². The highest BCUT2D eigenvalue weighted by molar-refractivity contribution is 6.05. The fraction of sp³-hybridized carbons (Fsp3) is 0.846. The van der Waals surface area contributed by atoms with Gasteiger partial charge in [-0.2, -0.15) is 0 Å². The van der Waals surface area contributed by atoms with Gasteiger partial charge in [0.1, 0.15) is 5.41 Å². The van der Waals surface area contributed by atoms with Gasteiger partial charge in [0.05, 0.1) is 0 Å². The summed E-state index contributed by atoms with van der Waals surface area (Å²) in [4.78, 5) is 23.3. The van der Waals surface area contributed by atoms with Gasteiger partial charge in [-0.25, -0.2) is 0 Å². The SMILES string of the molecule is CCCCCC[C@]1(C(=O)O)CCC(C)C1=O. The van der Waals surface area contributed by atoms with Crippen LogP contribution in [-0.4, -0.2) is 16.9 Å². The topological polar surface area (TPSA) is 54.4 Å². The average Bonchev–Trinajstić information content (AvgIpc) is 2.53. The Hall–Kier alpha value is -0.860. The highest BCUT2D eigenvalue weighted by atomic mass is 16.4. The molecule has 2 atom stereocenters. The third-order valence-electron chi connectivity index (χ3n) is 3.79. The minimum atomic E-state index is -1.05. The molecule has 0 radical (unpaired) electrons. The summed E-state index contributed by atoms with van der Waals surface area (Å²) in [7, 11) is 0. The van der Waals surface area contributed by atoms with Gasteiger partial charge in [-0.15, -0.1) is 0 Å². The van der Waals surface area contributed by atoms with Crippen molar-refractivity contribution in [3.05, 3.63) is 0 Å². The van der Waals surface area contributed by atoms with Gasteiger partial charge in [-0.3, -0.25) is 9.59 Å². The number of carboxylic acid groups (broad SMARTS) is 1. The second kappa shape index (κ2) is 5.46. The van der Waals surface area contributed by atoms with Gasteiger partial charge in [-0.05, 0) is 19.3 Å². The highest BCUT2D eigenvalue weighted by Gasteiger charge is 2.51. The van der Waals surface area contributed by atoms with Crippen molar-refractivity contribution >= 4 is 11.8 Å². The molecule has 0 aliphatic heterocycles. The summed E-state index contributed by atoms with van der Waals surface area (Å²) >= 11 is 0. The first-order valence-electron chi connectivity index (χ1n) is 6.32. The molecule has 92 valence electrons. The summed E-state index contributed by atoms with van der Waals surface area (Å²) in [5, 5.41) is 9.29. The molecule has 1 aliphatic carbocycles. The molecule has 0 heterocycles. The molecule has 0 aromatic heterocycles. The first kappa shape index (κ1) is 13.2. The minimum absolute atomic E-state index is 0.0449. The molecule has 16 heavy (non-hydrogen) atoms. The number of rotatable bonds is 6. The standard InChI is InChI=1S/C13H22O3/c1-3-4-5-6-8-13(12(15)16)9-7-10(2)11(13)14/h10H,3-9H2,1-2H3,(H,15,16)/t10?,13-/m0/s1. The smallest absolute Gasteiger partial charge is 0.317 e. The van der Waals surface area contributed by atoms with Gasteiger partial charge in [0.15, 0.2) is 5.78 Å². The van der Waals surface area contributed by atoms with E-state index in [9.17, 15) is 14.7 Å². The van der Waals surface area contributed by atoms with Crippen LogP contribution >= 0.6 is 0 Å². The molecule has 1 saturated carbocycles. The van der Waals surface area contributed by atoms with Gasteiger partial charge in [0, 0.05) is 5.92 Å². The lowest BCUT2D eigenvalue weighted by Crippen LogP contribution is -2.36. The van der Waals surface area contributed by atoms with Crippen LogP contribution in [0.4, 0.5) is 0 Å². The van der Waals surface area contributed by atoms with E-state index in [2.05, 4.69) is 6.92 Å². The number of aliphatic carboxylic acids is 1. The van der Waals surface area contributed by atoms with E-state index >= 15 is 0 Å². The third-order valence-corrected chi connectivity index (χ3v) is 3.79.